The van der Waals surface area contributed by atoms with Crippen LogP contribution in [-0.2, 0) is 23.6 Å². The highest BCUT2D eigenvalue weighted by Crippen LogP contribution is 2.25. The van der Waals surface area contributed by atoms with Gasteiger partial charge in [-0.1, -0.05) is 6.92 Å². The number of piperidine rings is 1. The van der Waals surface area contributed by atoms with E-state index in [4.69, 9.17) is 0 Å². The molecule has 1 fully saturated rings. The average Bonchev–Trinajstić information content (AvgIpc) is 2.97. The standard InChI is InChI=1S/C18H27N5O2S/c1-4-23(26(3,24)25)17-7-11-22(12-8-17)14-16-13-21(2)20-18(16)15-5-9-19-10-6-15/h5-6,9-10,13,17H,4,7-8,11-12,14H2,1-3H3. The maximum absolute atomic E-state index is 11.9. The van der Waals surface area contributed by atoms with Gasteiger partial charge in [0.2, 0.25) is 10.0 Å². The van der Waals surface area contributed by atoms with E-state index < -0.39 is 10.0 Å². The summed E-state index contributed by atoms with van der Waals surface area (Å²) >= 11 is 0. The summed E-state index contributed by atoms with van der Waals surface area (Å²) in [5, 5.41) is 4.61. The lowest BCUT2D eigenvalue weighted by atomic mass is 10.0. The summed E-state index contributed by atoms with van der Waals surface area (Å²) in [5.41, 5.74) is 3.25. The third-order valence-corrected chi connectivity index (χ3v) is 6.36. The molecule has 0 aliphatic carbocycles. The predicted molar refractivity (Wildman–Crippen MR) is 102 cm³/mol. The molecule has 26 heavy (non-hydrogen) atoms. The third kappa shape index (κ3) is 4.31. The molecular weight excluding hydrogens is 350 g/mol. The second-order valence-corrected chi connectivity index (χ2v) is 8.82. The van der Waals surface area contributed by atoms with Crippen LogP contribution < -0.4 is 0 Å². The van der Waals surface area contributed by atoms with Gasteiger partial charge in [0.05, 0.1) is 11.9 Å². The van der Waals surface area contributed by atoms with E-state index in [1.165, 1.54) is 11.8 Å². The normalized spacial score (nSPS) is 17.1. The maximum atomic E-state index is 11.9. The Balaban J connectivity index is 1.67. The minimum atomic E-state index is -3.13. The van der Waals surface area contributed by atoms with Crippen molar-refractivity contribution < 1.29 is 8.42 Å². The molecule has 2 aromatic rings. The van der Waals surface area contributed by atoms with Crippen LogP contribution in [0.1, 0.15) is 25.3 Å². The van der Waals surface area contributed by atoms with Gasteiger partial charge in [-0.15, -0.1) is 0 Å². The van der Waals surface area contributed by atoms with Gasteiger partial charge in [0, 0.05) is 69.0 Å². The Labute approximate surface area is 155 Å². The topological polar surface area (TPSA) is 71.3 Å². The molecule has 0 unspecified atom stereocenters. The van der Waals surface area contributed by atoms with Crippen molar-refractivity contribution in [3.05, 3.63) is 36.3 Å². The highest BCUT2D eigenvalue weighted by molar-refractivity contribution is 7.88. The van der Waals surface area contributed by atoms with E-state index in [-0.39, 0.29) is 6.04 Å². The van der Waals surface area contributed by atoms with Crippen molar-refractivity contribution in [1.29, 1.82) is 0 Å². The molecule has 0 radical (unpaired) electrons. The molecule has 0 atom stereocenters. The summed E-state index contributed by atoms with van der Waals surface area (Å²) in [7, 11) is -1.20. The molecule has 142 valence electrons. The maximum Gasteiger partial charge on any atom is 0.211 e. The van der Waals surface area contributed by atoms with Crippen LogP contribution >= 0.6 is 0 Å². The van der Waals surface area contributed by atoms with E-state index in [0.29, 0.717) is 6.54 Å². The summed E-state index contributed by atoms with van der Waals surface area (Å²) in [6.07, 6.45) is 8.67. The molecule has 3 rings (SSSR count). The predicted octanol–water partition coefficient (Wildman–Crippen LogP) is 1.73. The summed E-state index contributed by atoms with van der Waals surface area (Å²) in [4.78, 5) is 6.46. The van der Waals surface area contributed by atoms with E-state index >= 15 is 0 Å². The van der Waals surface area contributed by atoms with Crippen LogP contribution in [-0.4, -0.2) is 64.3 Å². The van der Waals surface area contributed by atoms with Crippen LogP contribution in [0.25, 0.3) is 11.3 Å². The van der Waals surface area contributed by atoms with Crippen LogP contribution in [0, 0.1) is 0 Å². The zero-order valence-electron chi connectivity index (χ0n) is 15.7. The number of likely N-dealkylation sites (tertiary alicyclic amines) is 1. The number of aromatic nitrogens is 3. The van der Waals surface area contributed by atoms with Gasteiger partial charge in [-0.25, -0.2) is 8.42 Å². The molecule has 1 saturated heterocycles. The van der Waals surface area contributed by atoms with Gasteiger partial charge in [0.15, 0.2) is 0 Å². The quantitative estimate of drug-likeness (QED) is 0.767. The Morgan fingerprint density at radius 2 is 1.88 bits per heavy atom. The first kappa shape index (κ1) is 19.0. The minimum Gasteiger partial charge on any atom is -0.299 e. The molecule has 3 heterocycles. The Hall–Kier alpha value is -1.77. The molecular formula is C18H27N5O2S. The molecule has 0 spiro atoms. The average molecular weight is 378 g/mol. The second kappa shape index (κ2) is 7.85. The number of aryl methyl sites for hydroxylation is 1. The minimum absolute atomic E-state index is 0.111. The van der Waals surface area contributed by atoms with Gasteiger partial charge in [0.1, 0.15) is 0 Å². The van der Waals surface area contributed by atoms with Crippen LogP contribution in [0.2, 0.25) is 0 Å². The van der Waals surface area contributed by atoms with Gasteiger partial charge >= 0.3 is 0 Å². The summed E-state index contributed by atoms with van der Waals surface area (Å²) in [6, 6.07) is 4.06. The molecule has 0 aromatic carbocycles. The smallest absolute Gasteiger partial charge is 0.211 e. The monoisotopic (exact) mass is 377 g/mol. The van der Waals surface area contributed by atoms with Crippen molar-refractivity contribution in [3.63, 3.8) is 0 Å². The SMILES string of the molecule is CCN(C1CCN(Cc2cn(C)nc2-c2ccncc2)CC1)S(C)(=O)=O. The molecule has 8 heteroatoms. The molecule has 2 aromatic heterocycles. The zero-order valence-corrected chi connectivity index (χ0v) is 16.5. The number of sulfonamides is 1. The van der Waals surface area contributed by atoms with E-state index in [1.54, 1.807) is 16.7 Å². The molecule has 1 aliphatic rings. The van der Waals surface area contributed by atoms with E-state index in [0.717, 1.165) is 43.7 Å². The summed E-state index contributed by atoms with van der Waals surface area (Å²) in [5.74, 6) is 0. The van der Waals surface area contributed by atoms with E-state index in [2.05, 4.69) is 21.2 Å². The fraction of sp³-hybridized carbons (Fsp3) is 0.556. The second-order valence-electron chi connectivity index (χ2n) is 6.89. The number of pyridine rings is 1. The van der Waals surface area contributed by atoms with Gasteiger partial charge in [-0.3, -0.25) is 14.6 Å². The van der Waals surface area contributed by atoms with Crippen molar-refractivity contribution in [3.8, 4) is 11.3 Å². The fourth-order valence-electron chi connectivity index (χ4n) is 3.78. The van der Waals surface area contributed by atoms with E-state index in [9.17, 15) is 8.42 Å². The first-order valence-electron chi connectivity index (χ1n) is 9.00. The zero-order chi connectivity index (χ0) is 18.7. The molecule has 0 saturated carbocycles. The lowest BCUT2D eigenvalue weighted by molar-refractivity contribution is 0.156. The highest BCUT2D eigenvalue weighted by atomic mass is 32.2. The van der Waals surface area contributed by atoms with E-state index in [1.807, 2.05) is 30.8 Å². The van der Waals surface area contributed by atoms with Crippen molar-refractivity contribution in [2.45, 2.75) is 32.4 Å². The lowest BCUT2D eigenvalue weighted by Crippen LogP contribution is -2.46. The Morgan fingerprint density at radius 1 is 1.23 bits per heavy atom. The number of hydrogen-bond acceptors (Lipinski definition) is 5. The molecule has 0 bridgehead atoms. The Morgan fingerprint density at radius 3 is 2.46 bits per heavy atom. The molecule has 7 nitrogen and oxygen atoms in total. The summed E-state index contributed by atoms with van der Waals surface area (Å²) in [6.45, 7) is 5.05. The largest absolute Gasteiger partial charge is 0.299 e. The molecule has 0 amide bonds. The van der Waals surface area contributed by atoms with Gasteiger partial charge in [0.25, 0.3) is 0 Å². The number of nitrogens with zero attached hydrogens (tertiary/aromatic N) is 5. The first-order chi connectivity index (χ1) is 12.4. The number of hydrogen-bond donors (Lipinski definition) is 0. The highest BCUT2D eigenvalue weighted by Gasteiger charge is 2.29. The van der Waals surface area contributed by atoms with Crippen molar-refractivity contribution in [1.82, 2.24) is 24.0 Å². The van der Waals surface area contributed by atoms with Gasteiger partial charge in [-0.2, -0.15) is 9.40 Å². The lowest BCUT2D eigenvalue weighted by Gasteiger charge is -2.36. The van der Waals surface area contributed by atoms with Crippen LogP contribution in [0.3, 0.4) is 0 Å². The number of rotatable bonds is 6. The summed E-state index contributed by atoms with van der Waals surface area (Å²) < 4.78 is 27.4. The van der Waals surface area contributed by atoms with Crippen LogP contribution in [0.4, 0.5) is 0 Å². The van der Waals surface area contributed by atoms with Gasteiger partial charge < -0.3 is 0 Å². The van der Waals surface area contributed by atoms with Gasteiger partial charge in [-0.05, 0) is 25.0 Å². The molecule has 1 aliphatic heterocycles. The van der Waals surface area contributed by atoms with Crippen LogP contribution in [0.15, 0.2) is 30.7 Å². The van der Waals surface area contributed by atoms with Crippen molar-refractivity contribution >= 4 is 10.0 Å². The Kier molecular flexibility index (Phi) is 5.74. The Bertz CT molecular complexity index is 827. The molecule has 0 N–H and O–H groups in total. The van der Waals surface area contributed by atoms with Crippen molar-refractivity contribution in [2.75, 3.05) is 25.9 Å². The van der Waals surface area contributed by atoms with Crippen molar-refractivity contribution in [2.24, 2.45) is 7.05 Å². The third-order valence-electron chi connectivity index (χ3n) is 4.95. The first-order valence-corrected chi connectivity index (χ1v) is 10.9. The fourth-order valence-corrected chi connectivity index (χ4v) is 5.00. The van der Waals surface area contributed by atoms with Crippen LogP contribution in [0.5, 0.6) is 0 Å².